The van der Waals surface area contributed by atoms with Crippen LogP contribution >= 0.6 is 11.3 Å². The average Bonchev–Trinajstić information content (AvgIpc) is 3.19. The molecule has 1 atom stereocenters. The van der Waals surface area contributed by atoms with E-state index in [1.807, 2.05) is 11.4 Å². The summed E-state index contributed by atoms with van der Waals surface area (Å²) in [6.45, 7) is 0. The van der Waals surface area contributed by atoms with Crippen LogP contribution in [0, 0.1) is 17.2 Å². The van der Waals surface area contributed by atoms with Gasteiger partial charge < -0.3 is 5.32 Å². The van der Waals surface area contributed by atoms with E-state index in [0.29, 0.717) is 5.92 Å². The zero-order valence-electron chi connectivity index (χ0n) is 11.9. The topological polar surface area (TPSA) is 35.8 Å². The van der Waals surface area contributed by atoms with Crippen LogP contribution in [0.4, 0.5) is 0 Å². The Labute approximate surface area is 133 Å². The van der Waals surface area contributed by atoms with Gasteiger partial charge in [-0.25, -0.2) is 0 Å². The SMILES string of the molecule is N#Cc1sccc1C1=C(c2ccccc2)NC2=CC=CCC21. The van der Waals surface area contributed by atoms with Crippen LogP contribution in [0.15, 0.2) is 65.7 Å². The summed E-state index contributed by atoms with van der Waals surface area (Å²) >= 11 is 1.51. The van der Waals surface area contributed by atoms with Crippen LogP contribution in [-0.4, -0.2) is 0 Å². The maximum Gasteiger partial charge on any atom is 0.112 e. The van der Waals surface area contributed by atoms with Crippen molar-refractivity contribution >= 4 is 22.6 Å². The number of hydrogen-bond donors (Lipinski definition) is 1. The molecule has 4 rings (SSSR count). The Morgan fingerprint density at radius 1 is 1.18 bits per heavy atom. The Bertz CT molecular complexity index is 847. The van der Waals surface area contributed by atoms with Crippen molar-refractivity contribution in [2.45, 2.75) is 6.42 Å². The summed E-state index contributed by atoms with van der Waals surface area (Å²) in [6, 6.07) is 14.8. The second-order valence-corrected chi connectivity index (χ2v) is 6.31. The minimum Gasteiger partial charge on any atom is -0.358 e. The highest BCUT2D eigenvalue weighted by molar-refractivity contribution is 7.10. The number of nitrogens with zero attached hydrogens (tertiary/aromatic N) is 1. The van der Waals surface area contributed by atoms with Gasteiger partial charge in [0.25, 0.3) is 0 Å². The minimum atomic E-state index is 0.321. The molecular formula is C19H14N2S. The van der Waals surface area contributed by atoms with Crippen molar-refractivity contribution < 1.29 is 0 Å². The molecule has 0 amide bonds. The van der Waals surface area contributed by atoms with Gasteiger partial charge in [0.05, 0.1) is 5.70 Å². The largest absolute Gasteiger partial charge is 0.358 e. The van der Waals surface area contributed by atoms with Gasteiger partial charge in [-0.2, -0.15) is 5.26 Å². The predicted octanol–water partition coefficient (Wildman–Crippen LogP) is 4.55. The molecule has 0 spiro atoms. The van der Waals surface area contributed by atoms with Crippen LogP contribution in [0.25, 0.3) is 11.3 Å². The standard InChI is InChI=1S/C19H14N2S/c20-12-17-15(10-11-22-17)18-14-8-4-5-9-16(14)21-19(18)13-6-2-1-3-7-13/h1-7,9-11,14,21H,8H2. The summed E-state index contributed by atoms with van der Waals surface area (Å²) in [5.41, 5.74) is 5.85. The fourth-order valence-electron chi connectivity index (χ4n) is 3.18. The Hall–Kier alpha value is -2.57. The van der Waals surface area contributed by atoms with Gasteiger partial charge in [-0.15, -0.1) is 11.3 Å². The molecule has 0 bridgehead atoms. The first-order valence-corrected chi connectivity index (χ1v) is 8.17. The summed E-state index contributed by atoms with van der Waals surface area (Å²) in [5, 5.41) is 15.0. The van der Waals surface area contributed by atoms with Crippen molar-refractivity contribution in [2.75, 3.05) is 0 Å². The smallest absolute Gasteiger partial charge is 0.112 e. The van der Waals surface area contributed by atoms with Gasteiger partial charge in [0, 0.05) is 17.2 Å². The lowest BCUT2D eigenvalue weighted by Gasteiger charge is -2.16. The number of nitrogens with one attached hydrogen (secondary N) is 1. The molecule has 0 saturated carbocycles. The summed E-state index contributed by atoms with van der Waals surface area (Å²) in [7, 11) is 0. The van der Waals surface area contributed by atoms with Crippen molar-refractivity contribution in [1.82, 2.24) is 5.32 Å². The second-order valence-electron chi connectivity index (χ2n) is 5.39. The molecule has 3 heteroatoms. The van der Waals surface area contributed by atoms with E-state index >= 15 is 0 Å². The molecule has 2 heterocycles. The van der Waals surface area contributed by atoms with Gasteiger partial charge in [-0.05, 0) is 35.1 Å². The molecule has 1 N–H and O–H groups in total. The molecule has 2 aliphatic rings. The van der Waals surface area contributed by atoms with Gasteiger partial charge >= 0.3 is 0 Å². The molecule has 2 aromatic rings. The number of thiophene rings is 1. The summed E-state index contributed by atoms with van der Waals surface area (Å²) < 4.78 is 0. The highest BCUT2D eigenvalue weighted by atomic mass is 32.1. The fourth-order valence-corrected chi connectivity index (χ4v) is 3.88. The number of fused-ring (bicyclic) bond motifs is 1. The van der Waals surface area contributed by atoms with Crippen LogP contribution in [0.3, 0.4) is 0 Å². The van der Waals surface area contributed by atoms with Crippen molar-refractivity contribution in [3.05, 3.63) is 81.7 Å². The Balaban J connectivity index is 1.93. The molecule has 106 valence electrons. The molecule has 1 aromatic carbocycles. The second kappa shape index (κ2) is 5.32. The van der Waals surface area contributed by atoms with E-state index in [0.717, 1.165) is 22.6 Å². The molecule has 1 aromatic heterocycles. The number of hydrogen-bond acceptors (Lipinski definition) is 3. The Morgan fingerprint density at radius 2 is 2.05 bits per heavy atom. The summed E-state index contributed by atoms with van der Waals surface area (Å²) in [4.78, 5) is 0.793. The van der Waals surface area contributed by atoms with Crippen LogP contribution in [-0.2, 0) is 0 Å². The maximum atomic E-state index is 9.41. The van der Waals surface area contributed by atoms with Crippen molar-refractivity contribution in [3.8, 4) is 6.07 Å². The number of allylic oxidation sites excluding steroid dienone is 4. The van der Waals surface area contributed by atoms with Crippen LogP contribution in [0.1, 0.15) is 22.4 Å². The van der Waals surface area contributed by atoms with E-state index in [1.54, 1.807) is 0 Å². The first kappa shape index (κ1) is 13.1. The molecule has 0 radical (unpaired) electrons. The Morgan fingerprint density at radius 3 is 2.86 bits per heavy atom. The summed E-state index contributed by atoms with van der Waals surface area (Å²) in [6.07, 6.45) is 7.42. The lowest BCUT2D eigenvalue weighted by Crippen LogP contribution is -2.11. The molecule has 1 aliphatic carbocycles. The number of benzene rings is 1. The zero-order chi connectivity index (χ0) is 14.9. The van der Waals surface area contributed by atoms with E-state index in [1.165, 1.54) is 28.2 Å². The lowest BCUT2D eigenvalue weighted by molar-refractivity contribution is 0.771. The van der Waals surface area contributed by atoms with Crippen LogP contribution in [0.5, 0.6) is 0 Å². The third-order valence-corrected chi connectivity index (χ3v) is 4.98. The zero-order valence-corrected chi connectivity index (χ0v) is 12.7. The minimum absolute atomic E-state index is 0.321. The van der Waals surface area contributed by atoms with Gasteiger partial charge in [0.15, 0.2) is 0 Å². The molecular weight excluding hydrogens is 288 g/mol. The van der Waals surface area contributed by atoms with E-state index < -0.39 is 0 Å². The maximum absolute atomic E-state index is 9.41. The average molecular weight is 302 g/mol. The fraction of sp³-hybridized carbons (Fsp3) is 0.105. The molecule has 1 aliphatic heterocycles. The molecule has 0 fully saturated rings. The first-order chi connectivity index (χ1) is 10.9. The monoisotopic (exact) mass is 302 g/mol. The third-order valence-electron chi connectivity index (χ3n) is 4.17. The van der Waals surface area contributed by atoms with Gasteiger partial charge in [-0.3, -0.25) is 0 Å². The van der Waals surface area contributed by atoms with Crippen molar-refractivity contribution in [2.24, 2.45) is 5.92 Å². The van der Waals surface area contributed by atoms with E-state index in [9.17, 15) is 5.26 Å². The quantitative estimate of drug-likeness (QED) is 0.883. The highest BCUT2D eigenvalue weighted by Gasteiger charge is 2.33. The first-order valence-electron chi connectivity index (χ1n) is 7.30. The van der Waals surface area contributed by atoms with Gasteiger partial charge in [0.2, 0.25) is 0 Å². The van der Waals surface area contributed by atoms with Crippen molar-refractivity contribution in [1.29, 1.82) is 5.26 Å². The molecule has 2 nitrogen and oxygen atoms in total. The highest BCUT2D eigenvalue weighted by Crippen LogP contribution is 2.45. The molecule has 22 heavy (non-hydrogen) atoms. The summed E-state index contributed by atoms with van der Waals surface area (Å²) in [5.74, 6) is 0.321. The number of rotatable bonds is 2. The van der Waals surface area contributed by atoms with E-state index in [2.05, 4.69) is 59.9 Å². The van der Waals surface area contributed by atoms with Gasteiger partial charge in [-0.1, -0.05) is 42.5 Å². The third kappa shape index (κ3) is 2.01. The molecule has 0 saturated heterocycles. The van der Waals surface area contributed by atoms with Crippen LogP contribution < -0.4 is 5.32 Å². The lowest BCUT2D eigenvalue weighted by atomic mass is 9.86. The van der Waals surface area contributed by atoms with Crippen LogP contribution in [0.2, 0.25) is 0 Å². The molecule has 1 unspecified atom stereocenters. The van der Waals surface area contributed by atoms with Gasteiger partial charge in [0.1, 0.15) is 10.9 Å². The van der Waals surface area contributed by atoms with E-state index in [-0.39, 0.29) is 0 Å². The normalized spacial score (nSPS) is 19.4. The van der Waals surface area contributed by atoms with E-state index in [4.69, 9.17) is 0 Å². The van der Waals surface area contributed by atoms with Crippen molar-refractivity contribution in [3.63, 3.8) is 0 Å². The number of nitriles is 1. The Kier molecular flexibility index (Phi) is 3.17. The predicted molar refractivity (Wildman–Crippen MR) is 90.8 cm³/mol.